The molecular formula is C12H28O2Si. The van der Waals surface area contributed by atoms with E-state index in [9.17, 15) is 9.59 Å². The van der Waals surface area contributed by atoms with Gasteiger partial charge in [-0.2, -0.15) is 0 Å². The Morgan fingerprint density at radius 1 is 0.667 bits per heavy atom. The fourth-order valence-electron chi connectivity index (χ4n) is 1.79. The van der Waals surface area contributed by atoms with Gasteiger partial charge in [0.1, 0.15) is 0 Å². The van der Waals surface area contributed by atoms with E-state index in [4.69, 9.17) is 0 Å². The third-order valence-electron chi connectivity index (χ3n) is 2.86. The highest BCUT2D eigenvalue weighted by Crippen LogP contribution is 2.18. The molecule has 2 nitrogen and oxygen atoms in total. The number of unbranched alkanes of at least 4 members (excludes halogenated alkanes) is 6. The van der Waals surface area contributed by atoms with Gasteiger partial charge in [0, 0.05) is 0 Å². The summed E-state index contributed by atoms with van der Waals surface area (Å²) < 4.78 is 0. The summed E-state index contributed by atoms with van der Waals surface area (Å²) in [5, 5.41) is 0. The lowest BCUT2D eigenvalue weighted by molar-refractivity contribution is 0.350. The Labute approximate surface area is 96.0 Å². The van der Waals surface area contributed by atoms with Crippen LogP contribution >= 0.6 is 0 Å². The van der Waals surface area contributed by atoms with Crippen LogP contribution in [0.1, 0.15) is 65.2 Å². The van der Waals surface area contributed by atoms with Gasteiger partial charge in [0.2, 0.25) is 0 Å². The first kappa shape index (κ1) is 15.1. The summed E-state index contributed by atoms with van der Waals surface area (Å²) in [6.45, 7) is 4.35. The zero-order valence-corrected chi connectivity index (χ0v) is 11.5. The lowest BCUT2D eigenvalue weighted by Crippen LogP contribution is -2.33. The van der Waals surface area contributed by atoms with Crippen molar-refractivity contribution in [3.63, 3.8) is 0 Å². The molecule has 0 spiro atoms. The van der Waals surface area contributed by atoms with Crippen molar-refractivity contribution in [2.45, 2.75) is 77.3 Å². The van der Waals surface area contributed by atoms with E-state index in [2.05, 4.69) is 13.8 Å². The van der Waals surface area contributed by atoms with Crippen molar-refractivity contribution in [1.82, 2.24) is 0 Å². The van der Waals surface area contributed by atoms with Crippen molar-refractivity contribution in [2.24, 2.45) is 0 Å². The molecule has 0 fully saturated rings. The molecule has 0 aromatic heterocycles. The smallest absolute Gasteiger partial charge is 0.332 e. The van der Waals surface area contributed by atoms with Gasteiger partial charge in [0.05, 0.1) is 0 Å². The van der Waals surface area contributed by atoms with Gasteiger partial charge in [-0.1, -0.05) is 65.2 Å². The molecule has 0 aliphatic heterocycles. The molecule has 0 aromatic rings. The van der Waals surface area contributed by atoms with Crippen molar-refractivity contribution in [1.29, 1.82) is 0 Å². The summed E-state index contributed by atoms with van der Waals surface area (Å²) in [6.07, 6.45) is 9.18. The van der Waals surface area contributed by atoms with Gasteiger partial charge in [-0.15, -0.1) is 0 Å². The van der Waals surface area contributed by atoms with E-state index in [-0.39, 0.29) is 0 Å². The fraction of sp³-hybridized carbons (Fsp3) is 1.00. The minimum absolute atomic E-state index is 0.680. The second kappa shape index (κ2) is 9.37. The van der Waals surface area contributed by atoms with Crippen molar-refractivity contribution in [2.75, 3.05) is 0 Å². The predicted octanol–water partition coefficient (Wildman–Crippen LogP) is 3.57. The van der Waals surface area contributed by atoms with Crippen LogP contribution in [0.25, 0.3) is 0 Å². The third kappa shape index (κ3) is 10.4. The van der Waals surface area contributed by atoms with E-state index in [1.54, 1.807) is 0 Å². The molecule has 0 aliphatic rings. The van der Waals surface area contributed by atoms with E-state index in [1.165, 1.54) is 25.7 Å². The Morgan fingerprint density at radius 3 is 1.40 bits per heavy atom. The second-order valence-electron chi connectivity index (χ2n) is 4.60. The lowest BCUT2D eigenvalue weighted by atomic mass is 10.2. The maximum Gasteiger partial charge on any atom is 0.332 e. The van der Waals surface area contributed by atoms with Crippen LogP contribution in [0.5, 0.6) is 0 Å². The number of rotatable bonds is 10. The molecule has 0 amide bonds. The van der Waals surface area contributed by atoms with Crippen LogP contribution in [0.15, 0.2) is 0 Å². The number of hydrogen-bond donors (Lipinski definition) is 2. The Kier molecular flexibility index (Phi) is 9.45. The normalized spacial score (nSPS) is 12.0. The van der Waals surface area contributed by atoms with E-state index < -0.39 is 8.56 Å². The highest BCUT2D eigenvalue weighted by Gasteiger charge is 2.27. The summed E-state index contributed by atoms with van der Waals surface area (Å²) in [4.78, 5) is 19.6. The van der Waals surface area contributed by atoms with E-state index >= 15 is 0 Å². The summed E-state index contributed by atoms with van der Waals surface area (Å²) in [7, 11) is -2.80. The molecule has 0 aromatic carbocycles. The minimum atomic E-state index is -2.80. The quantitative estimate of drug-likeness (QED) is 0.446. The van der Waals surface area contributed by atoms with E-state index in [0.29, 0.717) is 12.1 Å². The SMILES string of the molecule is CCCCCC[Si](O)(O)CCCCCC. The first-order chi connectivity index (χ1) is 7.12. The van der Waals surface area contributed by atoms with Crippen molar-refractivity contribution >= 4 is 8.56 Å². The molecule has 0 atom stereocenters. The van der Waals surface area contributed by atoms with Crippen LogP contribution in [-0.2, 0) is 0 Å². The first-order valence-corrected chi connectivity index (χ1v) is 8.88. The van der Waals surface area contributed by atoms with Crippen LogP contribution in [-0.4, -0.2) is 18.2 Å². The van der Waals surface area contributed by atoms with Gasteiger partial charge in [0.25, 0.3) is 0 Å². The topological polar surface area (TPSA) is 40.5 Å². The van der Waals surface area contributed by atoms with Crippen LogP contribution in [0.4, 0.5) is 0 Å². The lowest BCUT2D eigenvalue weighted by Gasteiger charge is -2.17. The summed E-state index contributed by atoms with van der Waals surface area (Å²) in [6, 6.07) is 1.36. The highest BCUT2D eigenvalue weighted by molar-refractivity contribution is 6.64. The van der Waals surface area contributed by atoms with Crippen molar-refractivity contribution < 1.29 is 9.59 Å². The summed E-state index contributed by atoms with van der Waals surface area (Å²) >= 11 is 0. The van der Waals surface area contributed by atoms with Gasteiger partial charge < -0.3 is 9.59 Å². The predicted molar refractivity (Wildman–Crippen MR) is 68.1 cm³/mol. The largest absolute Gasteiger partial charge is 0.411 e. The average Bonchev–Trinajstić information content (AvgIpc) is 2.20. The van der Waals surface area contributed by atoms with Crippen molar-refractivity contribution in [3.8, 4) is 0 Å². The molecule has 0 aliphatic carbocycles. The Morgan fingerprint density at radius 2 is 1.07 bits per heavy atom. The molecule has 0 radical (unpaired) electrons. The van der Waals surface area contributed by atoms with E-state index in [0.717, 1.165) is 25.7 Å². The molecule has 0 bridgehead atoms. The van der Waals surface area contributed by atoms with Crippen LogP contribution in [0.3, 0.4) is 0 Å². The molecule has 92 valence electrons. The average molecular weight is 232 g/mol. The van der Waals surface area contributed by atoms with Gasteiger partial charge >= 0.3 is 8.56 Å². The van der Waals surface area contributed by atoms with Gasteiger partial charge in [0.15, 0.2) is 0 Å². The van der Waals surface area contributed by atoms with Gasteiger partial charge in [-0.05, 0) is 12.1 Å². The van der Waals surface area contributed by atoms with E-state index in [1.807, 2.05) is 0 Å². The summed E-state index contributed by atoms with van der Waals surface area (Å²) in [5.41, 5.74) is 0. The maximum atomic E-state index is 9.81. The minimum Gasteiger partial charge on any atom is -0.411 e. The van der Waals surface area contributed by atoms with Crippen molar-refractivity contribution in [3.05, 3.63) is 0 Å². The van der Waals surface area contributed by atoms with Crippen LogP contribution in [0.2, 0.25) is 12.1 Å². The second-order valence-corrected chi connectivity index (χ2v) is 7.57. The molecule has 0 rings (SSSR count). The molecule has 0 saturated heterocycles. The van der Waals surface area contributed by atoms with Crippen LogP contribution < -0.4 is 0 Å². The molecule has 0 heterocycles. The molecule has 2 N–H and O–H groups in total. The monoisotopic (exact) mass is 232 g/mol. The molecule has 0 unspecified atom stereocenters. The zero-order chi connectivity index (χ0) is 11.6. The Bertz CT molecular complexity index is 124. The van der Waals surface area contributed by atoms with Crippen LogP contribution in [0, 0.1) is 0 Å². The Balaban J connectivity index is 3.40. The Hall–Kier alpha value is 0.137. The molecule has 0 saturated carbocycles. The zero-order valence-electron chi connectivity index (χ0n) is 10.5. The van der Waals surface area contributed by atoms with Gasteiger partial charge in [-0.25, -0.2) is 0 Å². The number of hydrogen-bond acceptors (Lipinski definition) is 2. The molecule has 15 heavy (non-hydrogen) atoms. The fourth-order valence-corrected chi connectivity index (χ4v) is 3.68. The maximum absolute atomic E-state index is 9.81. The highest BCUT2D eigenvalue weighted by atomic mass is 28.4. The first-order valence-electron chi connectivity index (χ1n) is 6.57. The third-order valence-corrected chi connectivity index (χ3v) is 5.17. The van der Waals surface area contributed by atoms with Gasteiger partial charge in [-0.3, -0.25) is 0 Å². The molecule has 3 heteroatoms. The molecular weight excluding hydrogens is 204 g/mol. The summed E-state index contributed by atoms with van der Waals surface area (Å²) in [5.74, 6) is 0. The standard InChI is InChI=1S/C12H28O2Si/c1-3-5-7-9-11-15(13,14)12-10-8-6-4-2/h13-14H,3-12H2,1-2H3.